The minimum absolute atomic E-state index is 0.373. The van der Waals surface area contributed by atoms with Crippen LogP contribution >= 0.6 is 0 Å². The molecule has 3 N–H and O–H groups in total. The number of hydrogen-bond acceptors (Lipinski definition) is 3. The number of carbonyl (C=O) groups is 1. The smallest absolute Gasteiger partial charge is 0.248 e. The lowest BCUT2D eigenvalue weighted by Crippen LogP contribution is -2.34. The summed E-state index contributed by atoms with van der Waals surface area (Å²) in [7, 11) is 1.79. The van der Waals surface area contributed by atoms with E-state index in [4.69, 9.17) is 10.5 Å². The third-order valence-corrected chi connectivity index (χ3v) is 3.81. The molecule has 19 heavy (non-hydrogen) atoms. The summed E-state index contributed by atoms with van der Waals surface area (Å²) >= 11 is 0. The average Bonchev–Trinajstić information content (AvgIpc) is 2.46. The second-order valence-corrected chi connectivity index (χ2v) is 5.15. The Bertz CT molecular complexity index is 426. The first kappa shape index (κ1) is 14.0. The summed E-state index contributed by atoms with van der Waals surface area (Å²) in [6.45, 7) is 0.781. The van der Waals surface area contributed by atoms with Gasteiger partial charge in [0, 0.05) is 25.3 Å². The zero-order valence-corrected chi connectivity index (χ0v) is 11.4. The Morgan fingerprint density at radius 2 is 2.11 bits per heavy atom. The predicted octanol–water partition coefficient (Wildman–Crippen LogP) is 1.83. The molecule has 4 nitrogen and oxygen atoms in total. The van der Waals surface area contributed by atoms with Gasteiger partial charge in [-0.05, 0) is 43.4 Å². The molecule has 0 aromatic heterocycles. The molecule has 1 saturated carbocycles. The number of hydrogen-bond donors (Lipinski definition) is 2. The molecule has 0 aliphatic heterocycles. The first-order chi connectivity index (χ1) is 9.19. The van der Waals surface area contributed by atoms with E-state index >= 15 is 0 Å². The predicted molar refractivity (Wildman–Crippen MR) is 74.9 cm³/mol. The minimum Gasteiger partial charge on any atom is -0.381 e. The Balaban J connectivity index is 1.82. The highest BCUT2D eigenvalue weighted by molar-refractivity contribution is 5.92. The molecule has 4 heteroatoms. The maximum absolute atomic E-state index is 11.1. The van der Waals surface area contributed by atoms with Gasteiger partial charge in [0.15, 0.2) is 0 Å². The molecule has 1 amide bonds. The molecule has 0 unspecified atom stereocenters. The molecule has 1 fully saturated rings. The van der Waals surface area contributed by atoms with Crippen LogP contribution in [0.25, 0.3) is 0 Å². The fourth-order valence-corrected chi connectivity index (χ4v) is 2.60. The van der Waals surface area contributed by atoms with Crippen molar-refractivity contribution in [3.05, 3.63) is 35.4 Å². The highest BCUT2D eigenvalue weighted by Gasteiger charge is 2.20. The van der Waals surface area contributed by atoms with E-state index in [1.165, 1.54) is 0 Å². The molecular formula is C15H22N2O2. The highest BCUT2D eigenvalue weighted by Crippen LogP contribution is 2.20. The van der Waals surface area contributed by atoms with Gasteiger partial charge >= 0.3 is 0 Å². The van der Waals surface area contributed by atoms with Crippen molar-refractivity contribution in [3.63, 3.8) is 0 Å². The molecule has 1 aromatic carbocycles. The first-order valence-electron chi connectivity index (χ1n) is 6.84. The van der Waals surface area contributed by atoms with Crippen molar-refractivity contribution in [2.45, 2.75) is 44.4 Å². The van der Waals surface area contributed by atoms with E-state index in [9.17, 15) is 4.79 Å². The lowest BCUT2D eigenvalue weighted by Gasteiger charge is -2.28. The zero-order chi connectivity index (χ0) is 13.7. The van der Waals surface area contributed by atoms with Gasteiger partial charge in [0.1, 0.15) is 0 Å². The van der Waals surface area contributed by atoms with E-state index in [0.717, 1.165) is 37.8 Å². The summed E-state index contributed by atoms with van der Waals surface area (Å²) in [4.78, 5) is 11.1. The number of carbonyl (C=O) groups excluding carboxylic acids is 1. The van der Waals surface area contributed by atoms with E-state index in [0.29, 0.717) is 17.7 Å². The van der Waals surface area contributed by atoms with Crippen molar-refractivity contribution < 1.29 is 9.53 Å². The maximum atomic E-state index is 11.1. The van der Waals surface area contributed by atoms with E-state index in [1.807, 2.05) is 18.2 Å². The number of nitrogens with one attached hydrogen (secondary N) is 1. The van der Waals surface area contributed by atoms with Gasteiger partial charge in [-0.2, -0.15) is 0 Å². The Morgan fingerprint density at radius 3 is 2.74 bits per heavy atom. The van der Waals surface area contributed by atoms with Crippen LogP contribution in [0, 0.1) is 0 Å². The number of methoxy groups -OCH3 is 1. The van der Waals surface area contributed by atoms with Crippen LogP contribution in [0.15, 0.2) is 24.3 Å². The van der Waals surface area contributed by atoms with Gasteiger partial charge in [-0.15, -0.1) is 0 Å². The Labute approximate surface area is 114 Å². The van der Waals surface area contributed by atoms with Gasteiger partial charge in [-0.1, -0.05) is 12.1 Å². The van der Waals surface area contributed by atoms with Gasteiger partial charge in [0.2, 0.25) is 5.91 Å². The summed E-state index contributed by atoms with van der Waals surface area (Å²) in [5.74, 6) is -0.373. The van der Waals surface area contributed by atoms with Crippen LogP contribution in [0.2, 0.25) is 0 Å². The molecule has 1 aliphatic rings. The monoisotopic (exact) mass is 262 g/mol. The summed E-state index contributed by atoms with van der Waals surface area (Å²) in [6, 6.07) is 8.04. The number of benzene rings is 1. The van der Waals surface area contributed by atoms with Crippen LogP contribution in [0.1, 0.15) is 41.6 Å². The van der Waals surface area contributed by atoms with Crippen molar-refractivity contribution in [1.29, 1.82) is 0 Å². The summed E-state index contributed by atoms with van der Waals surface area (Å²) in [5, 5.41) is 3.54. The molecule has 1 aliphatic carbocycles. The quantitative estimate of drug-likeness (QED) is 0.851. The second-order valence-electron chi connectivity index (χ2n) is 5.15. The molecule has 104 valence electrons. The van der Waals surface area contributed by atoms with Crippen LogP contribution in [0.3, 0.4) is 0 Å². The standard InChI is InChI=1S/C15H22N2O2/c1-19-14-7-5-13(6-8-14)17-10-11-3-2-4-12(9-11)15(16)18/h2-4,9,13-14,17H,5-8,10H2,1H3,(H2,16,18). The number of ether oxygens (including phenoxy) is 1. The molecule has 0 radical (unpaired) electrons. The fourth-order valence-electron chi connectivity index (χ4n) is 2.60. The lowest BCUT2D eigenvalue weighted by atomic mass is 9.93. The van der Waals surface area contributed by atoms with Crippen LogP contribution < -0.4 is 11.1 Å². The minimum atomic E-state index is -0.373. The molecule has 0 saturated heterocycles. The molecule has 0 bridgehead atoms. The first-order valence-corrected chi connectivity index (χ1v) is 6.84. The van der Waals surface area contributed by atoms with Crippen LogP contribution in [-0.2, 0) is 11.3 Å². The van der Waals surface area contributed by atoms with Crippen molar-refractivity contribution in [2.24, 2.45) is 5.73 Å². The highest BCUT2D eigenvalue weighted by atomic mass is 16.5. The average molecular weight is 262 g/mol. The molecule has 0 atom stereocenters. The van der Waals surface area contributed by atoms with Crippen molar-refractivity contribution >= 4 is 5.91 Å². The Hall–Kier alpha value is -1.39. The van der Waals surface area contributed by atoms with Crippen LogP contribution in [0.4, 0.5) is 0 Å². The summed E-state index contributed by atoms with van der Waals surface area (Å²) in [6.07, 6.45) is 4.96. The molecule has 1 aromatic rings. The number of rotatable bonds is 5. The summed E-state index contributed by atoms with van der Waals surface area (Å²) in [5.41, 5.74) is 6.95. The van der Waals surface area contributed by atoms with Gasteiger partial charge in [0.25, 0.3) is 0 Å². The summed E-state index contributed by atoms with van der Waals surface area (Å²) < 4.78 is 5.37. The SMILES string of the molecule is COC1CCC(NCc2cccc(C(N)=O)c2)CC1. The van der Waals surface area contributed by atoms with Crippen molar-refractivity contribution in [3.8, 4) is 0 Å². The van der Waals surface area contributed by atoms with Gasteiger partial charge < -0.3 is 15.8 Å². The Kier molecular flexibility index (Phi) is 4.93. The van der Waals surface area contributed by atoms with Crippen molar-refractivity contribution in [2.75, 3.05) is 7.11 Å². The van der Waals surface area contributed by atoms with E-state index in [1.54, 1.807) is 13.2 Å². The number of primary amides is 1. The molecule has 0 spiro atoms. The third kappa shape index (κ3) is 4.04. The van der Waals surface area contributed by atoms with Gasteiger partial charge in [-0.25, -0.2) is 0 Å². The lowest BCUT2D eigenvalue weighted by molar-refractivity contribution is 0.0624. The maximum Gasteiger partial charge on any atom is 0.248 e. The number of amides is 1. The third-order valence-electron chi connectivity index (χ3n) is 3.81. The van der Waals surface area contributed by atoms with Crippen LogP contribution in [0.5, 0.6) is 0 Å². The zero-order valence-electron chi connectivity index (χ0n) is 11.4. The number of nitrogens with two attached hydrogens (primary N) is 1. The molecule has 0 heterocycles. The topological polar surface area (TPSA) is 64.3 Å². The van der Waals surface area contributed by atoms with Crippen LogP contribution in [-0.4, -0.2) is 25.2 Å². The largest absolute Gasteiger partial charge is 0.381 e. The van der Waals surface area contributed by atoms with Crippen molar-refractivity contribution in [1.82, 2.24) is 5.32 Å². The van der Waals surface area contributed by atoms with Gasteiger partial charge in [0.05, 0.1) is 6.10 Å². The van der Waals surface area contributed by atoms with E-state index in [-0.39, 0.29) is 5.91 Å². The molecule has 2 rings (SSSR count). The normalized spacial score (nSPS) is 23.2. The van der Waals surface area contributed by atoms with E-state index in [2.05, 4.69) is 5.32 Å². The van der Waals surface area contributed by atoms with E-state index < -0.39 is 0 Å². The second kappa shape index (κ2) is 6.68. The molecular weight excluding hydrogens is 240 g/mol. The Morgan fingerprint density at radius 1 is 1.37 bits per heavy atom. The van der Waals surface area contributed by atoms with Gasteiger partial charge in [-0.3, -0.25) is 4.79 Å². The fraction of sp³-hybridized carbons (Fsp3) is 0.533.